The van der Waals surface area contributed by atoms with Crippen molar-refractivity contribution >= 4 is 17.5 Å². The van der Waals surface area contributed by atoms with Crippen molar-refractivity contribution in [2.45, 2.75) is 20.0 Å². The molecule has 30 heavy (non-hydrogen) atoms. The van der Waals surface area contributed by atoms with Crippen LogP contribution in [0.1, 0.15) is 28.7 Å². The zero-order chi connectivity index (χ0) is 21.9. The first-order valence-corrected chi connectivity index (χ1v) is 9.18. The molecule has 0 bridgehead atoms. The van der Waals surface area contributed by atoms with Gasteiger partial charge < -0.3 is 10.2 Å². The molecule has 0 radical (unpaired) electrons. The van der Waals surface area contributed by atoms with E-state index >= 15 is 0 Å². The van der Waals surface area contributed by atoms with Crippen LogP contribution in [0, 0.1) is 6.92 Å². The lowest BCUT2D eigenvalue weighted by molar-refractivity contribution is -0.141. The third kappa shape index (κ3) is 4.91. The van der Waals surface area contributed by atoms with Crippen LogP contribution in [0.2, 0.25) is 0 Å². The monoisotopic (exact) mass is 415 g/mol. The number of amides is 1. The van der Waals surface area contributed by atoms with Gasteiger partial charge in [0.15, 0.2) is 0 Å². The van der Waals surface area contributed by atoms with Gasteiger partial charge in [-0.05, 0) is 49.2 Å². The summed E-state index contributed by atoms with van der Waals surface area (Å²) in [6, 6.07) is 9.69. The number of anilines is 2. The van der Waals surface area contributed by atoms with Crippen LogP contribution in [0.5, 0.6) is 0 Å². The maximum atomic E-state index is 12.9. The van der Waals surface area contributed by atoms with E-state index in [2.05, 4.69) is 20.3 Å². The number of rotatable bonds is 5. The van der Waals surface area contributed by atoms with Crippen molar-refractivity contribution in [2.24, 2.45) is 0 Å². The average molecular weight is 415 g/mol. The third-order valence-electron chi connectivity index (χ3n) is 4.42. The van der Waals surface area contributed by atoms with Crippen molar-refractivity contribution in [2.75, 3.05) is 18.9 Å². The van der Waals surface area contributed by atoms with Crippen molar-refractivity contribution in [3.63, 3.8) is 0 Å². The first-order valence-electron chi connectivity index (χ1n) is 9.18. The number of aryl methyl sites for hydroxylation is 1. The average Bonchev–Trinajstić information content (AvgIpc) is 2.72. The molecule has 1 amide bonds. The minimum absolute atomic E-state index is 0.150. The number of nitrogens with zero attached hydrogens (tertiary/aromatic N) is 4. The normalized spacial score (nSPS) is 11.3. The molecule has 0 saturated carbocycles. The molecule has 0 aliphatic heterocycles. The molecule has 0 saturated heterocycles. The highest BCUT2D eigenvalue weighted by molar-refractivity contribution is 5.92. The highest BCUT2D eigenvalue weighted by Gasteiger charge is 2.32. The van der Waals surface area contributed by atoms with Crippen molar-refractivity contribution in [1.29, 1.82) is 0 Å². The fraction of sp³-hybridized carbons (Fsp3) is 0.238. The van der Waals surface area contributed by atoms with Crippen LogP contribution in [-0.4, -0.2) is 39.4 Å². The Bertz CT molecular complexity index is 1050. The fourth-order valence-corrected chi connectivity index (χ4v) is 2.76. The summed E-state index contributed by atoms with van der Waals surface area (Å²) < 4.78 is 38.6. The molecular weight excluding hydrogens is 395 g/mol. The first-order chi connectivity index (χ1) is 14.2. The van der Waals surface area contributed by atoms with Gasteiger partial charge in [0.1, 0.15) is 11.4 Å². The second-order valence-electron chi connectivity index (χ2n) is 6.73. The molecule has 1 N–H and O–H groups in total. The maximum absolute atomic E-state index is 12.9. The van der Waals surface area contributed by atoms with Gasteiger partial charge in [-0.25, -0.2) is 9.97 Å². The van der Waals surface area contributed by atoms with E-state index in [1.807, 2.05) is 19.9 Å². The van der Waals surface area contributed by atoms with Crippen LogP contribution in [0.15, 0.2) is 48.8 Å². The number of hydrogen-bond acceptors (Lipinski definition) is 5. The van der Waals surface area contributed by atoms with Crippen LogP contribution < -0.4 is 5.32 Å². The molecule has 0 fully saturated rings. The van der Waals surface area contributed by atoms with Crippen molar-refractivity contribution in [3.8, 4) is 11.1 Å². The van der Waals surface area contributed by atoms with E-state index in [0.29, 0.717) is 17.9 Å². The van der Waals surface area contributed by atoms with Crippen molar-refractivity contribution in [1.82, 2.24) is 19.9 Å². The van der Waals surface area contributed by atoms with Gasteiger partial charge in [0.2, 0.25) is 5.95 Å². The molecule has 0 aliphatic carbocycles. The Morgan fingerprint density at radius 1 is 1.10 bits per heavy atom. The Morgan fingerprint density at radius 3 is 2.50 bits per heavy atom. The van der Waals surface area contributed by atoms with E-state index in [9.17, 15) is 18.0 Å². The highest BCUT2D eigenvalue weighted by atomic mass is 19.4. The summed E-state index contributed by atoms with van der Waals surface area (Å²) in [5.74, 6) is -0.319. The number of halogens is 3. The number of carbonyl (C=O) groups is 1. The van der Waals surface area contributed by atoms with Gasteiger partial charge in [-0.1, -0.05) is 12.1 Å². The first kappa shape index (κ1) is 21.2. The molecule has 6 nitrogen and oxygen atoms in total. The molecule has 2 heterocycles. The van der Waals surface area contributed by atoms with Gasteiger partial charge in [-0.2, -0.15) is 13.2 Å². The number of carbonyl (C=O) groups excluding carboxylic acids is 1. The molecule has 3 rings (SSSR count). The number of aromatic nitrogens is 3. The van der Waals surface area contributed by atoms with Crippen molar-refractivity contribution in [3.05, 3.63) is 65.7 Å². The molecule has 9 heteroatoms. The van der Waals surface area contributed by atoms with Crippen LogP contribution in [0.25, 0.3) is 11.1 Å². The molecule has 1 aromatic carbocycles. The molecule has 0 spiro atoms. The van der Waals surface area contributed by atoms with Gasteiger partial charge in [-0.15, -0.1) is 0 Å². The molecule has 0 unspecified atom stereocenters. The predicted octanol–water partition coefficient (Wildman–Crippen LogP) is 4.70. The van der Waals surface area contributed by atoms with Crippen LogP contribution >= 0.6 is 0 Å². The molecular formula is C21H20F3N5O. The van der Waals surface area contributed by atoms with Gasteiger partial charge in [-0.3, -0.25) is 9.78 Å². The minimum Gasteiger partial charge on any atom is -0.341 e. The summed E-state index contributed by atoms with van der Waals surface area (Å²) in [5.41, 5.74) is 2.30. The summed E-state index contributed by atoms with van der Waals surface area (Å²) in [7, 11) is 1.70. The summed E-state index contributed by atoms with van der Waals surface area (Å²) in [5, 5.41) is 2.82. The lowest BCUT2D eigenvalue weighted by Crippen LogP contribution is -2.26. The quantitative estimate of drug-likeness (QED) is 0.654. The number of pyridine rings is 1. The zero-order valence-electron chi connectivity index (χ0n) is 16.7. The van der Waals surface area contributed by atoms with Crippen molar-refractivity contribution < 1.29 is 18.0 Å². The van der Waals surface area contributed by atoms with Gasteiger partial charge in [0, 0.05) is 37.2 Å². The van der Waals surface area contributed by atoms with E-state index in [4.69, 9.17) is 0 Å². The number of nitrogens with one attached hydrogen (secondary N) is 1. The fourth-order valence-electron chi connectivity index (χ4n) is 2.76. The Morgan fingerprint density at radius 2 is 1.87 bits per heavy atom. The summed E-state index contributed by atoms with van der Waals surface area (Å²) in [6.07, 6.45) is -1.90. The summed E-state index contributed by atoms with van der Waals surface area (Å²) >= 11 is 0. The Labute approximate surface area is 171 Å². The largest absolute Gasteiger partial charge is 0.433 e. The number of alkyl halides is 3. The summed E-state index contributed by atoms with van der Waals surface area (Å²) in [4.78, 5) is 25.4. The Balaban J connectivity index is 1.86. The molecule has 0 aliphatic rings. The maximum Gasteiger partial charge on any atom is 0.433 e. The van der Waals surface area contributed by atoms with Gasteiger partial charge in [0.25, 0.3) is 5.91 Å². The van der Waals surface area contributed by atoms with Crippen LogP contribution in [-0.2, 0) is 6.18 Å². The summed E-state index contributed by atoms with van der Waals surface area (Å²) in [6.45, 7) is 4.32. The van der Waals surface area contributed by atoms with Gasteiger partial charge in [0.05, 0.1) is 0 Å². The third-order valence-corrected chi connectivity index (χ3v) is 4.42. The van der Waals surface area contributed by atoms with E-state index in [1.54, 1.807) is 42.4 Å². The van der Waals surface area contributed by atoms with Gasteiger partial charge >= 0.3 is 6.18 Å². The topological polar surface area (TPSA) is 71.0 Å². The molecule has 3 aromatic rings. The Kier molecular flexibility index (Phi) is 6.00. The molecule has 156 valence electrons. The second kappa shape index (κ2) is 8.48. The number of hydrogen-bond donors (Lipinski definition) is 1. The SMILES string of the molecule is CCN(C)C(=O)c1ccc(-c2cc(C)cc(Nc3nccc(C(F)(F)F)n3)c2)cn1. The smallest absolute Gasteiger partial charge is 0.341 e. The van der Waals surface area contributed by atoms with Crippen LogP contribution in [0.3, 0.4) is 0 Å². The molecule has 2 aromatic heterocycles. The second-order valence-corrected chi connectivity index (χ2v) is 6.73. The molecule has 0 atom stereocenters. The van der Waals surface area contributed by atoms with Crippen LogP contribution in [0.4, 0.5) is 24.8 Å². The number of benzene rings is 1. The lowest BCUT2D eigenvalue weighted by Gasteiger charge is -2.14. The zero-order valence-corrected chi connectivity index (χ0v) is 16.7. The minimum atomic E-state index is -4.55. The standard InChI is InChI=1S/C21H20F3N5O/c1-4-29(3)19(30)17-6-5-14(12-26-17)15-9-13(2)10-16(11-15)27-20-25-8-7-18(28-20)21(22,23)24/h5-12H,4H2,1-3H3,(H,25,27,28). The highest BCUT2D eigenvalue weighted by Crippen LogP contribution is 2.29. The predicted molar refractivity (Wildman–Crippen MR) is 107 cm³/mol. The van der Waals surface area contributed by atoms with E-state index in [0.717, 1.165) is 29.0 Å². The van der Waals surface area contributed by atoms with E-state index in [-0.39, 0.29) is 11.9 Å². The Hall–Kier alpha value is -3.49. The van der Waals surface area contributed by atoms with E-state index < -0.39 is 11.9 Å². The van der Waals surface area contributed by atoms with E-state index in [1.165, 1.54) is 0 Å². The lowest BCUT2D eigenvalue weighted by atomic mass is 10.0.